The van der Waals surface area contributed by atoms with Crippen molar-refractivity contribution in [3.63, 3.8) is 0 Å². The number of benzene rings is 1. The maximum absolute atomic E-state index is 11.8. The zero-order valence-corrected chi connectivity index (χ0v) is 13.7. The zero-order valence-electron chi connectivity index (χ0n) is 13.7. The molecule has 0 aliphatic rings. The van der Waals surface area contributed by atoms with Crippen LogP contribution in [0.1, 0.15) is 27.3 Å². The van der Waals surface area contributed by atoms with Gasteiger partial charge in [-0.1, -0.05) is 18.2 Å². The fourth-order valence-corrected chi connectivity index (χ4v) is 2.42. The number of carbonyl (C=O) groups is 2. The Kier molecular flexibility index (Phi) is 5.51. The SMILES string of the molecule is Cc1nn(C)c(C)c1CCNC(=O)CNC(=O)c1ccccc1. The minimum Gasteiger partial charge on any atom is -0.354 e. The van der Waals surface area contributed by atoms with Gasteiger partial charge in [-0.25, -0.2) is 0 Å². The van der Waals surface area contributed by atoms with Crippen LogP contribution in [-0.2, 0) is 18.3 Å². The third-order valence-corrected chi connectivity index (χ3v) is 3.80. The summed E-state index contributed by atoms with van der Waals surface area (Å²) in [5, 5.41) is 9.77. The highest BCUT2D eigenvalue weighted by Gasteiger charge is 2.10. The third-order valence-electron chi connectivity index (χ3n) is 3.80. The van der Waals surface area contributed by atoms with Crippen molar-refractivity contribution in [3.8, 4) is 0 Å². The lowest BCUT2D eigenvalue weighted by Crippen LogP contribution is -2.37. The van der Waals surface area contributed by atoms with Gasteiger partial charge in [0, 0.05) is 24.8 Å². The Hall–Kier alpha value is -2.63. The van der Waals surface area contributed by atoms with E-state index in [1.807, 2.05) is 31.6 Å². The first kappa shape index (κ1) is 16.7. The second-order valence-electron chi connectivity index (χ2n) is 5.42. The van der Waals surface area contributed by atoms with Crippen molar-refractivity contribution in [2.75, 3.05) is 13.1 Å². The van der Waals surface area contributed by atoms with Crippen molar-refractivity contribution in [2.24, 2.45) is 7.05 Å². The smallest absolute Gasteiger partial charge is 0.251 e. The van der Waals surface area contributed by atoms with Crippen LogP contribution in [0.3, 0.4) is 0 Å². The van der Waals surface area contributed by atoms with Crippen molar-refractivity contribution in [1.29, 1.82) is 0 Å². The number of carbonyl (C=O) groups excluding carboxylic acids is 2. The quantitative estimate of drug-likeness (QED) is 0.839. The first-order chi connectivity index (χ1) is 11.0. The molecule has 6 heteroatoms. The molecule has 0 saturated heterocycles. The van der Waals surface area contributed by atoms with E-state index in [0.29, 0.717) is 12.1 Å². The minimum atomic E-state index is -0.250. The largest absolute Gasteiger partial charge is 0.354 e. The second-order valence-corrected chi connectivity index (χ2v) is 5.42. The van der Waals surface area contributed by atoms with Gasteiger partial charge in [-0.3, -0.25) is 14.3 Å². The van der Waals surface area contributed by atoms with Crippen LogP contribution >= 0.6 is 0 Å². The van der Waals surface area contributed by atoms with Crippen LogP contribution in [0.4, 0.5) is 0 Å². The molecule has 0 saturated carbocycles. The summed E-state index contributed by atoms with van der Waals surface area (Å²) < 4.78 is 1.84. The van der Waals surface area contributed by atoms with Gasteiger partial charge in [0.05, 0.1) is 12.2 Å². The molecule has 1 heterocycles. The molecule has 0 radical (unpaired) electrons. The van der Waals surface area contributed by atoms with Crippen molar-refractivity contribution in [3.05, 3.63) is 52.8 Å². The molecular weight excluding hydrogens is 292 g/mol. The van der Waals surface area contributed by atoms with E-state index in [1.54, 1.807) is 24.3 Å². The highest BCUT2D eigenvalue weighted by atomic mass is 16.2. The molecule has 2 amide bonds. The number of aryl methyl sites for hydroxylation is 2. The van der Waals surface area contributed by atoms with Crippen LogP contribution in [0.5, 0.6) is 0 Å². The van der Waals surface area contributed by atoms with Crippen molar-refractivity contribution in [1.82, 2.24) is 20.4 Å². The lowest BCUT2D eigenvalue weighted by Gasteiger charge is -2.07. The van der Waals surface area contributed by atoms with Gasteiger partial charge < -0.3 is 10.6 Å². The van der Waals surface area contributed by atoms with Crippen molar-refractivity contribution >= 4 is 11.8 Å². The van der Waals surface area contributed by atoms with Gasteiger partial charge >= 0.3 is 0 Å². The first-order valence-electron chi connectivity index (χ1n) is 7.58. The van der Waals surface area contributed by atoms with Gasteiger partial charge in [0.25, 0.3) is 5.91 Å². The first-order valence-corrected chi connectivity index (χ1v) is 7.58. The fourth-order valence-electron chi connectivity index (χ4n) is 2.42. The molecule has 0 atom stereocenters. The Labute approximate surface area is 135 Å². The topological polar surface area (TPSA) is 76.0 Å². The number of nitrogens with zero attached hydrogens (tertiary/aromatic N) is 2. The number of hydrogen-bond donors (Lipinski definition) is 2. The van der Waals surface area contributed by atoms with E-state index in [0.717, 1.165) is 23.4 Å². The van der Waals surface area contributed by atoms with E-state index < -0.39 is 0 Å². The second kappa shape index (κ2) is 7.58. The summed E-state index contributed by atoms with van der Waals surface area (Å²) in [5.41, 5.74) is 3.79. The summed E-state index contributed by atoms with van der Waals surface area (Å²) in [6.07, 6.45) is 0.726. The van der Waals surface area contributed by atoms with Crippen LogP contribution in [0.15, 0.2) is 30.3 Å². The third kappa shape index (κ3) is 4.42. The van der Waals surface area contributed by atoms with E-state index in [2.05, 4.69) is 15.7 Å². The molecule has 0 aliphatic carbocycles. The van der Waals surface area contributed by atoms with Crippen molar-refractivity contribution < 1.29 is 9.59 Å². The normalized spacial score (nSPS) is 10.4. The standard InChI is InChI=1S/C17H22N4O2/c1-12-15(13(2)21(3)20-12)9-10-18-16(22)11-19-17(23)14-7-5-4-6-8-14/h4-8H,9-11H2,1-3H3,(H,18,22)(H,19,23). The summed E-state index contributed by atoms with van der Waals surface area (Å²) in [4.78, 5) is 23.6. The Morgan fingerprint density at radius 2 is 1.83 bits per heavy atom. The molecule has 2 N–H and O–H groups in total. The summed E-state index contributed by atoms with van der Waals surface area (Å²) >= 11 is 0. The minimum absolute atomic E-state index is 0.0290. The number of rotatable bonds is 6. The lowest BCUT2D eigenvalue weighted by atomic mass is 10.1. The summed E-state index contributed by atoms with van der Waals surface area (Å²) in [6.45, 7) is 4.47. The van der Waals surface area contributed by atoms with Gasteiger partial charge in [0.15, 0.2) is 0 Å². The number of amides is 2. The van der Waals surface area contributed by atoms with Gasteiger partial charge in [-0.05, 0) is 38.0 Å². The highest BCUT2D eigenvalue weighted by molar-refractivity contribution is 5.96. The van der Waals surface area contributed by atoms with Gasteiger partial charge in [-0.15, -0.1) is 0 Å². The van der Waals surface area contributed by atoms with E-state index in [4.69, 9.17) is 0 Å². The van der Waals surface area contributed by atoms with Crippen LogP contribution in [0, 0.1) is 13.8 Å². The average molecular weight is 314 g/mol. The Balaban J connectivity index is 1.74. The zero-order chi connectivity index (χ0) is 16.8. The van der Waals surface area contributed by atoms with Gasteiger partial charge in [-0.2, -0.15) is 5.10 Å². The van der Waals surface area contributed by atoms with Crippen LogP contribution in [0.25, 0.3) is 0 Å². The molecule has 6 nitrogen and oxygen atoms in total. The summed E-state index contributed by atoms with van der Waals surface area (Å²) in [5.74, 6) is -0.451. The average Bonchev–Trinajstić information content (AvgIpc) is 2.79. The van der Waals surface area contributed by atoms with Crippen LogP contribution < -0.4 is 10.6 Å². The summed E-state index contributed by atoms with van der Waals surface area (Å²) in [6, 6.07) is 8.83. The Morgan fingerprint density at radius 3 is 2.43 bits per heavy atom. The van der Waals surface area contributed by atoms with E-state index in [9.17, 15) is 9.59 Å². The highest BCUT2D eigenvalue weighted by Crippen LogP contribution is 2.11. The molecular formula is C17H22N4O2. The summed E-state index contributed by atoms with van der Waals surface area (Å²) in [7, 11) is 1.91. The molecule has 23 heavy (non-hydrogen) atoms. The van der Waals surface area contributed by atoms with E-state index in [-0.39, 0.29) is 18.4 Å². The molecule has 0 spiro atoms. The number of hydrogen-bond acceptors (Lipinski definition) is 3. The monoisotopic (exact) mass is 314 g/mol. The molecule has 1 aromatic heterocycles. The Bertz CT molecular complexity index is 692. The van der Waals surface area contributed by atoms with E-state index >= 15 is 0 Å². The van der Waals surface area contributed by atoms with Gasteiger partial charge in [0.2, 0.25) is 5.91 Å². The Morgan fingerprint density at radius 1 is 1.13 bits per heavy atom. The van der Waals surface area contributed by atoms with Crippen LogP contribution in [-0.4, -0.2) is 34.7 Å². The molecule has 0 aliphatic heterocycles. The molecule has 1 aromatic carbocycles. The van der Waals surface area contributed by atoms with Crippen molar-refractivity contribution in [2.45, 2.75) is 20.3 Å². The molecule has 2 rings (SSSR count). The molecule has 2 aromatic rings. The maximum Gasteiger partial charge on any atom is 0.251 e. The predicted molar refractivity (Wildman–Crippen MR) is 88.2 cm³/mol. The molecule has 0 bridgehead atoms. The fraction of sp³-hybridized carbons (Fsp3) is 0.353. The van der Waals surface area contributed by atoms with Crippen LogP contribution in [0.2, 0.25) is 0 Å². The lowest BCUT2D eigenvalue weighted by molar-refractivity contribution is -0.120. The number of nitrogens with one attached hydrogen (secondary N) is 2. The molecule has 0 unspecified atom stereocenters. The molecule has 122 valence electrons. The maximum atomic E-state index is 11.8. The van der Waals surface area contributed by atoms with Gasteiger partial charge in [0.1, 0.15) is 0 Å². The van der Waals surface area contributed by atoms with E-state index in [1.165, 1.54) is 0 Å². The predicted octanol–water partition coefficient (Wildman–Crippen LogP) is 1.13. The number of aromatic nitrogens is 2. The molecule has 0 fully saturated rings.